The maximum absolute atomic E-state index is 3.54. The van der Waals surface area contributed by atoms with E-state index in [0.29, 0.717) is 6.04 Å². The van der Waals surface area contributed by atoms with Crippen molar-refractivity contribution in [1.29, 1.82) is 0 Å². The molecular formula is C13H24N2S. The lowest BCUT2D eigenvalue weighted by atomic mass is 10.2. The molecule has 0 aliphatic heterocycles. The zero-order valence-electron chi connectivity index (χ0n) is 10.8. The van der Waals surface area contributed by atoms with Gasteiger partial charge in [-0.05, 0) is 48.2 Å². The lowest BCUT2D eigenvalue weighted by Gasteiger charge is -2.15. The topological polar surface area (TPSA) is 24.1 Å². The summed E-state index contributed by atoms with van der Waals surface area (Å²) in [4.78, 5) is 0. The molecule has 16 heavy (non-hydrogen) atoms. The van der Waals surface area contributed by atoms with E-state index in [9.17, 15) is 0 Å². The molecule has 1 unspecified atom stereocenters. The van der Waals surface area contributed by atoms with Gasteiger partial charge in [0.25, 0.3) is 0 Å². The zero-order chi connectivity index (χ0) is 12.0. The van der Waals surface area contributed by atoms with Crippen molar-refractivity contribution in [2.75, 3.05) is 13.1 Å². The number of aryl methyl sites for hydroxylation is 1. The maximum Gasteiger partial charge on any atom is 0.0219 e. The van der Waals surface area contributed by atoms with Crippen molar-refractivity contribution >= 4 is 11.3 Å². The van der Waals surface area contributed by atoms with Crippen molar-refractivity contribution in [3.05, 3.63) is 21.9 Å². The fraction of sp³-hybridized carbons (Fsp3) is 0.692. The summed E-state index contributed by atoms with van der Waals surface area (Å²) in [6, 6.07) is 0.526. The SMILES string of the molecule is Cc1cscc1CNC(C)CNCC(C)C. The van der Waals surface area contributed by atoms with Crippen molar-refractivity contribution in [2.24, 2.45) is 5.92 Å². The van der Waals surface area contributed by atoms with E-state index < -0.39 is 0 Å². The predicted molar refractivity (Wildman–Crippen MR) is 73.1 cm³/mol. The van der Waals surface area contributed by atoms with E-state index in [4.69, 9.17) is 0 Å². The Bertz CT molecular complexity index is 294. The first-order chi connectivity index (χ1) is 7.59. The molecule has 0 saturated heterocycles. The first-order valence-corrected chi connectivity index (χ1v) is 6.99. The number of thiophene rings is 1. The van der Waals surface area contributed by atoms with Crippen molar-refractivity contribution < 1.29 is 0 Å². The zero-order valence-corrected chi connectivity index (χ0v) is 11.7. The lowest BCUT2D eigenvalue weighted by molar-refractivity contribution is 0.472. The Morgan fingerprint density at radius 2 is 1.94 bits per heavy atom. The molecule has 0 aromatic carbocycles. The molecule has 0 saturated carbocycles. The molecule has 2 N–H and O–H groups in total. The number of rotatable bonds is 7. The molecule has 1 aromatic rings. The maximum atomic E-state index is 3.54. The molecule has 0 radical (unpaired) electrons. The summed E-state index contributed by atoms with van der Waals surface area (Å²) in [7, 11) is 0. The van der Waals surface area contributed by atoms with Gasteiger partial charge < -0.3 is 10.6 Å². The van der Waals surface area contributed by atoms with Crippen LogP contribution in [0.5, 0.6) is 0 Å². The summed E-state index contributed by atoms with van der Waals surface area (Å²) in [5, 5.41) is 11.5. The van der Waals surface area contributed by atoms with Crippen LogP contribution >= 0.6 is 11.3 Å². The summed E-state index contributed by atoms with van der Waals surface area (Å²) in [5.74, 6) is 0.728. The third-order valence-corrected chi connectivity index (χ3v) is 3.52. The van der Waals surface area contributed by atoms with Crippen LogP contribution in [0.3, 0.4) is 0 Å². The highest BCUT2D eigenvalue weighted by molar-refractivity contribution is 7.08. The summed E-state index contributed by atoms with van der Waals surface area (Å²) < 4.78 is 0. The van der Waals surface area contributed by atoms with Crippen molar-refractivity contribution in [1.82, 2.24) is 10.6 Å². The molecule has 0 spiro atoms. The van der Waals surface area contributed by atoms with Gasteiger partial charge in [0.05, 0.1) is 0 Å². The van der Waals surface area contributed by atoms with Crippen LogP contribution in [0.2, 0.25) is 0 Å². The Balaban J connectivity index is 2.15. The molecule has 1 aromatic heterocycles. The van der Waals surface area contributed by atoms with E-state index in [1.165, 1.54) is 11.1 Å². The lowest BCUT2D eigenvalue weighted by Crippen LogP contribution is -2.37. The quantitative estimate of drug-likeness (QED) is 0.766. The second-order valence-corrected chi connectivity index (χ2v) is 5.66. The molecule has 1 rings (SSSR count). The van der Waals surface area contributed by atoms with Crippen LogP contribution in [0.25, 0.3) is 0 Å². The highest BCUT2D eigenvalue weighted by Crippen LogP contribution is 2.13. The van der Waals surface area contributed by atoms with E-state index in [1.807, 2.05) is 0 Å². The summed E-state index contributed by atoms with van der Waals surface area (Å²) in [6.45, 7) is 12.0. The standard InChI is InChI=1S/C13H24N2S/c1-10(2)5-14-6-12(4)15-7-13-9-16-8-11(13)3/h8-10,12,14-15H,5-7H2,1-4H3. The van der Waals surface area contributed by atoms with E-state index in [0.717, 1.165) is 25.6 Å². The van der Waals surface area contributed by atoms with Gasteiger partial charge in [-0.3, -0.25) is 0 Å². The number of hydrogen-bond donors (Lipinski definition) is 2. The first kappa shape index (κ1) is 13.7. The molecule has 2 nitrogen and oxygen atoms in total. The highest BCUT2D eigenvalue weighted by Gasteiger charge is 2.03. The van der Waals surface area contributed by atoms with Crippen LogP contribution in [-0.4, -0.2) is 19.1 Å². The van der Waals surface area contributed by atoms with Gasteiger partial charge >= 0.3 is 0 Å². The molecular weight excluding hydrogens is 216 g/mol. The van der Waals surface area contributed by atoms with Gasteiger partial charge in [-0.25, -0.2) is 0 Å². The number of nitrogens with one attached hydrogen (secondary N) is 2. The normalized spacial score (nSPS) is 13.3. The Hall–Kier alpha value is -0.380. The molecule has 0 bridgehead atoms. The summed E-state index contributed by atoms with van der Waals surface area (Å²) in [5.41, 5.74) is 2.83. The van der Waals surface area contributed by atoms with Crippen LogP contribution in [0.15, 0.2) is 10.8 Å². The van der Waals surface area contributed by atoms with Crippen LogP contribution in [0.4, 0.5) is 0 Å². The summed E-state index contributed by atoms with van der Waals surface area (Å²) in [6.07, 6.45) is 0. The molecule has 0 fully saturated rings. The Morgan fingerprint density at radius 3 is 2.50 bits per heavy atom. The fourth-order valence-electron chi connectivity index (χ4n) is 1.51. The highest BCUT2D eigenvalue weighted by atomic mass is 32.1. The first-order valence-electron chi connectivity index (χ1n) is 6.05. The minimum Gasteiger partial charge on any atom is -0.315 e. The van der Waals surface area contributed by atoms with E-state index >= 15 is 0 Å². The number of hydrogen-bond acceptors (Lipinski definition) is 3. The van der Waals surface area contributed by atoms with Gasteiger partial charge in [-0.2, -0.15) is 11.3 Å². The van der Waals surface area contributed by atoms with Gasteiger partial charge in [0.1, 0.15) is 0 Å². The molecule has 1 heterocycles. The molecule has 92 valence electrons. The van der Waals surface area contributed by atoms with Gasteiger partial charge in [0, 0.05) is 19.1 Å². The predicted octanol–water partition coefficient (Wildman–Crippen LogP) is 2.78. The second-order valence-electron chi connectivity index (χ2n) is 4.91. The Kier molecular flexibility index (Phi) is 6.03. The molecule has 1 atom stereocenters. The third-order valence-electron chi connectivity index (χ3n) is 2.61. The molecule has 0 aliphatic carbocycles. The van der Waals surface area contributed by atoms with Crippen LogP contribution in [-0.2, 0) is 6.54 Å². The van der Waals surface area contributed by atoms with Crippen LogP contribution in [0, 0.1) is 12.8 Å². The average Bonchev–Trinajstić information content (AvgIpc) is 2.60. The average molecular weight is 240 g/mol. The van der Waals surface area contributed by atoms with Crippen LogP contribution < -0.4 is 10.6 Å². The molecule has 0 amide bonds. The van der Waals surface area contributed by atoms with Crippen molar-refractivity contribution in [3.8, 4) is 0 Å². The smallest absolute Gasteiger partial charge is 0.0219 e. The van der Waals surface area contributed by atoms with Crippen LogP contribution in [0.1, 0.15) is 31.9 Å². The minimum atomic E-state index is 0.526. The largest absolute Gasteiger partial charge is 0.315 e. The Labute approximate surface area is 103 Å². The fourth-order valence-corrected chi connectivity index (χ4v) is 2.37. The monoisotopic (exact) mass is 240 g/mol. The van der Waals surface area contributed by atoms with E-state index in [1.54, 1.807) is 11.3 Å². The molecule has 3 heteroatoms. The third kappa shape index (κ3) is 5.10. The van der Waals surface area contributed by atoms with Gasteiger partial charge in [0.15, 0.2) is 0 Å². The van der Waals surface area contributed by atoms with E-state index in [2.05, 4.69) is 49.1 Å². The van der Waals surface area contributed by atoms with E-state index in [-0.39, 0.29) is 0 Å². The van der Waals surface area contributed by atoms with Gasteiger partial charge in [-0.15, -0.1) is 0 Å². The minimum absolute atomic E-state index is 0.526. The van der Waals surface area contributed by atoms with Crippen molar-refractivity contribution in [3.63, 3.8) is 0 Å². The van der Waals surface area contributed by atoms with Gasteiger partial charge in [-0.1, -0.05) is 13.8 Å². The second kappa shape index (κ2) is 7.05. The van der Waals surface area contributed by atoms with Crippen molar-refractivity contribution in [2.45, 2.75) is 40.3 Å². The Morgan fingerprint density at radius 1 is 1.19 bits per heavy atom. The summed E-state index contributed by atoms with van der Waals surface area (Å²) >= 11 is 1.78. The van der Waals surface area contributed by atoms with Gasteiger partial charge in [0.2, 0.25) is 0 Å². The molecule has 0 aliphatic rings.